The summed E-state index contributed by atoms with van der Waals surface area (Å²) in [6.07, 6.45) is 3.49. The number of aromatic nitrogens is 3. The maximum absolute atomic E-state index is 5.62. The number of para-hydroxylation sites is 1. The zero-order chi connectivity index (χ0) is 15.5. The molecule has 0 aliphatic rings. The van der Waals surface area contributed by atoms with Crippen molar-refractivity contribution >= 4 is 33.3 Å². The molecule has 22 heavy (non-hydrogen) atoms. The van der Waals surface area contributed by atoms with Gasteiger partial charge in [-0.3, -0.25) is 0 Å². The summed E-state index contributed by atoms with van der Waals surface area (Å²) in [6, 6.07) is 8.19. The summed E-state index contributed by atoms with van der Waals surface area (Å²) in [5.41, 5.74) is 2.09. The van der Waals surface area contributed by atoms with Crippen molar-refractivity contribution in [2.24, 2.45) is 0 Å². The third-order valence-corrected chi connectivity index (χ3v) is 5.58. The van der Waals surface area contributed by atoms with E-state index in [4.69, 9.17) is 4.74 Å². The van der Waals surface area contributed by atoms with E-state index in [1.54, 1.807) is 30.2 Å². The molecular weight excluding hydrogens is 314 g/mol. The Morgan fingerprint density at radius 3 is 2.59 bits per heavy atom. The first kappa shape index (κ1) is 15.4. The van der Waals surface area contributed by atoms with E-state index in [0.717, 1.165) is 15.4 Å². The monoisotopic (exact) mass is 331 g/mol. The Kier molecular flexibility index (Phi) is 4.71. The van der Waals surface area contributed by atoms with Crippen LogP contribution in [0.5, 0.6) is 0 Å². The fourth-order valence-corrected chi connectivity index (χ4v) is 4.62. The van der Waals surface area contributed by atoms with Gasteiger partial charge in [-0.1, -0.05) is 23.9 Å². The number of rotatable bonds is 5. The highest BCUT2D eigenvalue weighted by atomic mass is 32.2. The van der Waals surface area contributed by atoms with Gasteiger partial charge in [0.15, 0.2) is 10.2 Å². The molecule has 2 aromatic heterocycles. The molecule has 0 spiro atoms. The molecule has 0 aliphatic heterocycles. The summed E-state index contributed by atoms with van der Waals surface area (Å²) >= 11 is 3.41. The number of thiazole rings is 1. The molecular formula is C16H17N3OS2. The molecule has 0 saturated carbocycles. The van der Waals surface area contributed by atoms with Crippen molar-refractivity contribution in [2.45, 2.75) is 29.5 Å². The normalized spacial score (nSPS) is 14.1. The largest absolute Gasteiger partial charge is 0.372 e. The lowest BCUT2D eigenvalue weighted by Crippen LogP contribution is -2.17. The molecule has 2 unspecified atom stereocenters. The van der Waals surface area contributed by atoms with E-state index in [1.807, 2.05) is 37.5 Å². The van der Waals surface area contributed by atoms with Crippen LogP contribution in [0.25, 0.3) is 10.2 Å². The van der Waals surface area contributed by atoms with Crippen molar-refractivity contribution in [1.29, 1.82) is 0 Å². The second-order valence-electron chi connectivity index (χ2n) is 5.05. The Morgan fingerprint density at radius 1 is 1.18 bits per heavy atom. The highest BCUT2D eigenvalue weighted by Crippen LogP contribution is 2.36. The number of aryl methyl sites for hydroxylation is 1. The molecule has 0 aliphatic carbocycles. The van der Waals surface area contributed by atoms with E-state index >= 15 is 0 Å². The smallest absolute Gasteiger partial charge is 0.158 e. The van der Waals surface area contributed by atoms with Gasteiger partial charge >= 0.3 is 0 Å². The minimum absolute atomic E-state index is 0.155. The van der Waals surface area contributed by atoms with Crippen LogP contribution in [0.2, 0.25) is 0 Å². The van der Waals surface area contributed by atoms with Crippen molar-refractivity contribution in [3.05, 3.63) is 48.0 Å². The number of hydrogen-bond acceptors (Lipinski definition) is 6. The van der Waals surface area contributed by atoms with E-state index in [-0.39, 0.29) is 11.4 Å². The second-order valence-corrected chi connectivity index (χ2v) is 7.70. The third-order valence-electron chi connectivity index (χ3n) is 3.30. The van der Waals surface area contributed by atoms with Crippen molar-refractivity contribution in [2.75, 3.05) is 7.11 Å². The van der Waals surface area contributed by atoms with Gasteiger partial charge in [-0.25, -0.2) is 15.0 Å². The maximum atomic E-state index is 5.62. The molecule has 0 bridgehead atoms. The zero-order valence-corrected chi connectivity index (χ0v) is 14.3. The van der Waals surface area contributed by atoms with Gasteiger partial charge in [-0.05, 0) is 31.5 Å². The van der Waals surface area contributed by atoms with Crippen LogP contribution >= 0.6 is 23.1 Å². The van der Waals surface area contributed by atoms with Gasteiger partial charge in [0.1, 0.15) is 6.10 Å². The van der Waals surface area contributed by atoms with E-state index in [2.05, 4.69) is 27.9 Å². The zero-order valence-electron chi connectivity index (χ0n) is 12.7. The lowest BCUT2D eigenvalue weighted by molar-refractivity contribution is 0.0971. The summed E-state index contributed by atoms with van der Waals surface area (Å²) in [4.78, 5) is 13.4. The van der Waals surface area contributed by atoms with Crippen LogP contribution in [0.4, 0.5) is 0 Å². The van der Waals surface area contributed by atoms with Gasteiger partial charge < -0.3 is 4.74 Å². The van der Waals surface area contributed by atoms with Crippen LogP contribution in [0.15, 0.2) is 41.0 Å². The molecule has 0 N–H and O–H groups in total. The first-order valence-corrected chi connectivity index (χ1v) is 8.70. The average molecular weight is 331 g/mol. The summed E-state index contributed by atoms with van der Waals surface area (Å²) in [6.45, 7) is 4.10. The third kappa shape index (κ3) is 3.29. The number of nitrogens with zero attached hydrogens (tertiary/aromatic N) is 3. The molecule has 1 aromatic carbocycles. The fraction of sp³-hybridized carbons (Fsp3) is 0.312. The Bertz CT molecular complexity index is 724. The van der Waals surface area contributed by atoms with Crippen LogP contribution in [0.3, 0.4) is 0 Å². The number of benzene rings is 1. The number of ether oxygens (including phenoxy) is 1. The van der Waals surface area contributed by atoms with Gasteiger partial charge in [0, 0.05) is 24.8 Å². The molecule has 4 nitrogen and oxygen atoms in total. The quantitative estimate of drug-likeness (QED) is 0.654. The van der Waals surface area contributed by atoms with Crippen LogP contribution in [-0.4, -0.2) is 27.3 Å². The Hall–Kier alpha value is -1.50. The summed E-state index contributed by atoms with van der Waals surface area (Å²) in [5.74, 6) is 0.717. The minimum Gasteiger partial charge on any atom is -0.372 e. The predicted octanol–water partition coefficient (Wildman–Crippen LogP) is 4.26. The molecule has 0 fully saturated rings. The Labute approximate surface area is 138 Å². The van der Waals surface area contributed by atoms with E-state index in [0.29, 0.717) is 5.82 Å². The van der Waals surface area contributed by atoms with Gasteiger partial charge in [0.05, 0.1) is 10.2 Å². The highest BCUT2D eigenvalue weighted by Gasteiger charge is 2.23. The van der Waals surface area contributed by atoms with Gasteiger partial charge in [0.2, 0.25) is 0 Å². The van der Waals surface area contributed by atoms with Crippen LogP contribution in [0.1, 0.15) is 24.4 Å². The van der Waals surface area contributed by atoms with Crippen molar-refractivity contribution in [3.8, 4) is 0 Å². The van der Waals surface area contributed by atoms with Gasteiger partial charge in [-0.2, -0.15) is 0 Å². The first-order chi connectivity index (χ1) is 10.7. The molecule has 2 heterocycles. The number of thioether (sulfide) groups is 1. The van der Waals surface area contributed by atoms with E-state index in [1.165, 1.54) is 4.70 Å². The van der Waals surface area contributed by atoms with Crippen LogP contribution in [0, 0.1) is 6.92 Å². The van der Waals surface area contributed by atoms with Crippen molar-refractivity contribution < 1.29 is 4.74 Å². The summed E-state index contributed by atoms with van der Waals surface area (Å²) in [5, 5.41) is 0.174. The molecule has 3 aromatic rings. The number of fused-ring (bicyclic) bond motifs is 1. The summed E-state index contributed by atoms with van der Waals surface area (Å²) in [7, 11) is 1.70. The first-order valence-electron chi connectivity index (χ1n) is 7.01. The Balaban J connectivity index is 1.79. The van der Waals surface area contributed by atoms with Crippen LogP contribution in [-0.2, 0) is 4.74 Å². The molecule has 0 amide bonds. The SMILES string of the molecule is COC(c1ncc(C)cn1)C(C)Sc1nc2ccccc2s1. The van der Waals surface area contributed by atoms with Crippen molar-refractivity contribution in [1.82, 2.24) is 15.0 Å². The van der Waals surface area contributed by atoms with E-state index in [9.17, 15) is 0 Å². The molecule has 0 radical (unpaired) electrons. The van der Waals surface area contributed by atoms with Gasteiger partial charge in [0.25, 0.3) is 0 Å². The molecule has 0 saturated heterocycles. The molecule has 6 heteroatoms. The molecule has 2 atom stereocenters. The number of methoxy groups -OCH3 is 1. The van der Waals surface area contributed by atoms with Gasteiger partial charge in [-0.15, -0.1) is 11.3 Å². The Morgan fingerprint density at radius 2 is 1.91 bits per heavy atom. The standard InChI is InChI=1S/C16H17N3OS2/c1-10-8-17-15(18-9-10)14(20-3)11(2)21-16-19-12-6-4-5-7-13(12)22-16/h4-9,11,14H,1-3H3. The van der Waals surface area contributed by atoms with Crippen molar-refractivity contribution in [3.63, 3.8) is 0 Å². The minimum atomic E-state index is -0.155. The highest BCUT2D eigenvalue weighted by molar-refractivity contribution is 8.01. The van der Waals surface area contributed by atoms with E-state index < -0.39 is 0 Å². The molecule has 114 valence electrons. The lowest BCUT2D eigenvalue weighted by Gasteiger charge is -2.19. The topological polar surface area (TPSA) is 47.9 Å². The summed E-state index contributed by atoms with van der Waals surface area (Å²) < 4.78 is 7.87. The molecule has 3 rings (SSSR count). The second kappa shape index (κ2) is 6.73. The maximum Gasteiger partial charge on any atom is 0.158 e. The fourth-order valence-electron chi connectivity index (χ4n) is 2.18. The average Bonchev–Trinajstić information content (AvgIpc) is 2.92. The lowest BCUT2D eigenvalue weighted by atomic mass is 10.2. The predicted molar refractivity (Wildman–Crippen MR) is 91.5 cm³/mol. The van der Waals surface area contributed by atoms with Crippen LogP contribution < -0.4 is 0 Å². The number of hydrogen-bond donors (Lipinski definition) is 0.